The highest BCUT2D eigenvalue weighted by atomic mass is 32.2. The summed E-state index contributed by atoms with van der Waals surface area (Å²) in [7, 11) is -4.22. The van der Waals surface area contributed by atoms with Gasteiger partial charge in [0.25, 0.3) is 5.91 Å². The average Bonchev–Trinajstić information content (AvgIpc) is 3.40. The predicted octanol–water partition coefficient (Wildman–Crippen LogP) is 5.20. The van der Waals surface area contributed by atoms with E-state index in [1.54, 1.807) is 65.7 Å². The van der Waals surface area contributed by atoms with Crippen molar-refractivity contribution in [3.8, 4) is 16.9 Å². The van der Waals surface area contributed by atoms with Gasteiger partial charge in [0.05, 0.1) is 16.3 Å². The van der Waals surface area contributed by atoms with Crippen molar-refractivity contribution in [2.75, 3.05) is 0 Å². The van der Waals surface area contributed by atoms with Crippen molar-refractivity contribution in [3.05, 3.63) is 138 Å². The second-order valence-electron chi connectivity index (χ2n) is 8.58. The fourth-order valence-corrected chi connectivity index (χ4v) is 5.31. The Bertz CT molecular complexity index is 1720. The lowest BCUT2D eigenvalue weighted by molar-refractivity contribution is -0.116. The first kappa shape index (κ1) is 25.7. The SMILES string of the molecule is O=C(NCc1ccncc1)C(=Cc1cn(-c2ccccc2)nc1-c1ccc(F)cc1)S(=O)(=O)c1ccccc1. The van der Waals surface area contributed by atoms with Crippen LogP contribution < -0.4 is 5.32 Å². The Labute approximate surface area is 225 Å². The van der Waals surface area contributed by atoms with Gasteiger partial charge in [-0.25, -0.2) is 17.5 Å². The topological polar surface area (TPSA) is 93.9 Å². The molecular formula is C30H23FN4O3S. The predicted molar refractivity (Wildman–Crippen MR) is 147 cm³/mol. The number of carbonyl (C=O) groups is 1. The number of para-hydroxylation sites is 1. The minimum absolute atomic E-state index is 0.0194. The van der Waals surface area contributed by atoms with Crippen molar-refractivity contribution in [3.63, 3.8) is 0 Å². The lowest BCUT2D eigenvalue weighted by Crippen LogP contribution is -2.28. The maximum Gasteiger partial charge on any atom is 0.263 e. The van der Waals surface area contributed by atoms with Crippen LogP contribution in [0, 0.1) is 5.82 Å². The molecule has 3 aromatic carbocycles. The molecule has 0 atom stereocenters. The first-order chi connectivity index (χ1) is 18.9. The number of aromatic nitrogens is 3. The molecule has 2 heterocycles. The molecule has 0 saturated carbocycles. The Morgan fingerprint density at radius 2 is 1.51 bits per heavy atom. The second-order valence-corrected chi connectivity index (χ2v) is 10.5. The Morgan fingerprint density at radius 3 is 2.18 bits per heavy atom. The molecular weight excluding hydrogens is 515 g/mol. The smallest absolute Gasteiger partial charge is 0.263 e. The number of hydrogen-bond donors (Lipinski definition) is 1. The summed E-state index contributed by atoms with van der Waals surface area (Å²) in [4.78, 5) is 17.0. The van der Waals surface area contributed by atoms with Crippen LogP contribution in [-0.2, 0) is 21.2 Å². The maximum atomic E-state index is 13.7. The molecule has 2 aromatic heterocycles. The number of rotatable bonds is 8. The molecule has 7 nitrogen and oxygen atoms in total. The molecule has 0 fully saturated rings. The molecule has 5 rings (SSSR count). The van der Waals surface area contributed by atoms with Crippen LogP contribution >= 0.6 is 0 Å². The zero-order valence-corrected chi connectivity index (χ0v) is 21.4. The zero-order valence-electron chi connectivity index (χ0n) is 20.6. The lowest BCUT2D eigenvalue weighted by Gasteiger charge is -2.11. The van der Waals surface area contributed by atoms with Gasteiger partial charge in [-0.05, 0) is 72.3 Å². The van der Waals surface area contributed by atoms with Gasteiger partial charge in [0.15, 0.2) is 0 Å². The van der Waals surface area contributed by atoms with Gasteiger partial charge < -0.3 is 5.32 Å². The van der Waals surface area contributed by atoms with E-state index in [-0.39, 0.29) is 11.4 Å². The summed E-state index contributed by atoms with van der Waals surface area (Å²) >= 11 is 0. The number of carbonyl (C=O) groups excluding carboxylic acids is 1. The van der Waals surface area contributed by atoms with E-state index in [9.17, 15) is 17.6 Å². The van der Waals surface area contributed by atoms with Gasteiger partial charge in [0, 0.05) is 36.3 Å². The van der Waals surface area contributed by atoms with Crippen molar-refractivity contribution in [1.29, 1.82) is 0 Å². The van der Waals surface area contributed by atoms with Crippen molar-refractivity contribution in [2.24, 2.45) is 0 Å². The van der Waals surface area contributed by atoms with Gasteiger partial charge >= 0.3 is 0 Å². The van der Waals surface area contributed by atoms with Crippen LogP contribution in [0.15, 0.2) is 125 Å². The summed E-state index contributed by atoms with van der Waals surface area (Å²) < 4.78 is 42.8. The highest BCUT2D eigenvalue weighted by Crippen LogP contribution is 2.29. The van der Waals surface area contributed by atoms with Gasteiger partial charge in [-0.2, -0.15) is 5.10 Å². The molecule has 5 aromatic rings. The average molecular weight is 539 g/mol. The zero-order chi connectivity index (χ0) is 27.2. The van der Waals surface area contributed by atoms with Crippen LogP contribution in [-0.4, -0.2) is 29.1 Å². The molecule has 0 aliphatic rings. The molecule has 39 heavy (non-hydrogen) atoms. The number of nitrogens with zero attached hydrogens (tertiary/aromatic N) is 3. The van der Waals surface area contributed by atoms with E-state index in [2.05, 4.69) is 15.4 Å². The minimum Gasteiger partial charge on any atom is -0.347 e. The van der Waals surface area contributed by atoms with E-state index in [4.69, 9.17) is 0 Å². The first-order valence-electron chi connectivity index (χ1n) is 12.0. The van der Waals surface area contributed by atoms with E-state index in [0.29, 0.717) is 16.8 Å². The van der Waals surface area contributed by atoms with E-state index in [0.717, 1.165) is 11.3 Å². The van der Waals surface area contributed by atoms with E-state index in [1.807, 2.05) is 30.3 Å². The Morgan fingerprint density at radius 1 is 0.872 bits per heavy atom. The van der Waals surface area contributed by atoms with Crippen molar-refractivity contribution in [1.82, 2.24) is 20.1 Å². The van der Waals surface area contributed by atoms with Crippen molar-refractivity contribution < 1.29 is 17.6 Å². The van der Waals surface area contributed by atoms with E-state index >= 15 is 0 Å². The molecule has 194 valence electrons. The molecule has 1 N–H and O–H groups in total. The Hall–Kier alpha value is -4.89. The number of nitrogens with one attached hydrogen (secondary N) is 1. The first-order valence-corrected chi connectivity index (χ1v) is 13.5. The van der Waals surface area contributed by atoms with E-state index < -0.39 is 26.5 Å². The van der Waals surface area contributed by atoms with E-state index in [1.165, 1.54) is 30.3 Å². The summed E-state index contributed by atoms with van der Waals surface area (Å²) in [5.74, 6) is -1.19. The lowest BCUT2D eigenvalue weighted by atomic mass is 10.1. The third-order valence-electron chi connectivity index (χ3n) is 5.94. The molecule has 0 bridgehead atoms. The monoisotopic (exact) mass is 538 g/mol. The highest BCUT2D eigenvalue weighted by Gasteiger charge is 2.28. The molecule has 9 heteroatoms. The quantitative estimate of drug-likeness (QED) is 0.274. The Kier molecular flexibility index (Phi) is 7.42. The van der Waals surface area contributed by atoms with Crippen LogP contribution in [0.25, 0.3) is 23.0 Å². The van der Waals surface area contributed by atoms with Crippen LogP contribution in [0.2, 0.25) is 0 Å². The number of sulfone groups is 1. The van der Waals surface area contributed by atoms with Crippen LogP contribution in [0.4, 0.5) is 4.39 Å². The number of pyridine rings is 1. The van der Waals surface area contributed by atoms with Gasteiger partial charge in [0.2, 0.25) is 9.84 Å². The number of benzene rings is 3. The minimum atomic E-state index is -4.22. The number of hydrogen-bond acceptors (Lipinski definition) is 5. The van der Waals surface area contributed by atoms with Gasteiger partial charge in [0.1, 0.15) is 10.7 Å². The molecule has 1 amide bonds. The van der Waals surface area contributed by atoms with Gasteiger partial charge in [-0.15, -0.1) is 0 Å². The summed E-state index contributed by atoms with van der Waals surface area (Å²) in [6.45, 7) is 0.108. The maximum absolute atomic E-state index is 13.7. The summed E-state index contributed by atoms with van der Waals surface area (Å²) in [5, 5.41) is 7.37. The fraction of sp³-hybridized carbons (Fsp3) is 0.0333. The normalized spacial score (nSPS) is 11.8. The highest BCUT2D eigenvalue weighted by molar-refractivity contribution is 7.96. The summed E-state index contributed by atoms with van der Waals surface area (Å²) in [5.41, 5.74) is 2.82. The third kappa shape index (κ3) is 5.83. The van der Waals surface area contributed by atoms with Gasteiger partial charge in [-0.1, -0.05) is 36.4 Å². The molecule has 0 saturated heterocycles. The van der Waals surface area contributed by atoms with Crippen LogP contribution in [0.5, 0.6) is 0 Å². The third-order valence-corrected chi connectivity index (χ3v) is 7.71. The van der Waals surface area contributed by atoms with Crippen LogP contribution in [0.3, 0.4) is 0 Å². The molecule has 0 unspecified atom stereocenters. The van der Waals surface area contributed by atoms with Crippen LogP contribution in [0.1, 0.15) is 11.1 Å². The standard InChI is InChI=1S/C30H23FN4O3S/c31-25-13-11-23(12-14-25)29-24(21-35(34-29)26-7-3-1-4-8-26)19-28(39(37,38)27-9-5-2-6-10-27)30(36)33-20-22-15-17-32-18-16-22/h1-19,21H,20H2,(H,33,36). The summed E-state index contributed by atoms with van der Waals surface area (Å²) in [6, 6.07) is 26.2. The molecule has 0 aliphatic heterocycles. The molecule has 0 spiro atoms. The van der Waals surface area contributed by atoms with Crippen molar-refractivity contribution in [2.45, 2.75) is 11.4 Å². The molecule has 0 radical (unpaired) electrons. The summed E-state index contributed by atoms with van der Waals surface area (Å²) in [6.07, 6.45) is 6.14. The number of amides is 1. The second kappa shape index (κ2) is 11.2. The van der Waals surface area contributed by atoms with Gasteiger partial charge in [-0.3, -0.25) is 9.78 Å². The Balaban J connectivity index is 1.64. The molecule has 0 aliphatic carbocycles. The largest absolute Gasteiger partial charge is 0.347 e. The number of halogens is 1. The van der Waals surface area contributed by atoms with Crippen molar-refractivity contribution >= 4 is 21.8 Å². The fourth-order valence-electron chi connectivity index (χ4n) is 3.94.